The first-order valence-corrected chi connectivity index (χ1v) is 12.0. The van der Waals surface area contributed by atoms with Crippen molar-refractivity contribution in [1.29, 1.82) is 0 Å². The highest BCUT2D eigenvalue weighted by Gasteiger charge is 2.15. The molecule has 0 bridgehead atoms. The number of rotatable bonds is 10. The standard InChI is InChI=1S/C29H31N3O4/c1-21(33)31(20-23-9-5-4-6-10-23)17-16-28-30-25-12-8-7-11-24(25)29(34)32(28)18-15-22-13-14-26(35-2)27(19-22)36-3/h4-14,19H,15-18,20H2,1-3H3. The van der Waals surface area contributed by atoms with E-state index in [1.165, 1.54) is 0 Å². The van der Waals surface area contributed by atoms with Gasteiger partial charge in [-0.2, -0.15) is 0 Å². The van der Waals surface area contributed by atoms with Crippen LogP contribution in [0.5, 0.6) is 11.5 Å². The van der Waals surface area contributed by atoms with Crippen molar-refractivity contribution in [1.82, 2.24) is 14.5 Å². The summed E-state index contributed by atoms with van der Waals surface area (Å²) in [5, 5.41) is 0.585. The maximum atomic E-state index is 13.5. The highest BCUT2D eigenvalue weighted by Crippen LogP contribution is 2.27. The molecule has 0 aliphatic rings. The largest absolute Gasteiger partial charge is 0.493 e. The molecule has 0 saturated heterocycles. The Labute approximate surface area is 210 Å². The lowest BCUT2D eigenvalue weighted by Crippen LogP contribution is -2.33. The number of carbonyl (C=O) groups is 1. The third-order valence-electron chi connectivity index (χ3n) is 6.28. The number of nitrogens with zero attached hydrogens (tertiary/aromatic N) is 3. The normalized spacial score (nSPS) is 10.9. The van der Waals surface area contributed by atoms with Gasteiger partial charge in [-0.15, -0.1) is 0 Å². The van der Waals surface area contributed by atoms with Gasteiger partial charge in [-0.1, -0.05) is 48.5 Å². The Morgan fingerprint density at radius 3 is 2.33 bits per heavy atom. The molecule has 36 heavy (non-hydrogen) atoms. The van der Waals surface area contributed by atoms with Crippen LogP contribution in [0.25, 0.3) is 10.9 Å². The summed E-state index contributed by atoms with van der Waals surface area (Å²) >= 11 is 0. The van der Waals surface area contributed by atoms with Crippen LogP contribution in [0.2, 0.25) is 0 Å². The number of fused-ring (bicyclic) bond motifs is 1. The van der Waals surface area contributed by atoms with Crippen molar-refractivity contribution in [3.05, 3.63) is 100 Å². The van der Waals surface area contributed by atoms with Crippen molar-refractivity contribution in [2.24, 2.45) is 0 Å². The molecule has 1 heterocycles. The summed E-state index contributed by atoms with van der Waals surface area (Å²) in [6.07, 6.45) is 1.09. The first-order chi connectivity index (χ1) is 17.5. The summed E-state index contributed by atoms with van der Waals surface area (Å²) in [5.74, 6) is 1.96. The number of amides is 1. The predicted molar refractivity (Wildman–Crippen MR) is 140 cm³/mol. The van der Waals surface area contributed by atoms with E-state index in [4.69, 9.17) is 14.5 Å². The molecule has 0 aliphatic carbocycles. The van der Waals surface area contributed by atoms with Crippen molar-refractivity contribution in [3.8, 4) is 11.5 Å². The molecule has 4 rings (SSSR count). The molecule has 3 aromatic carbocycles. The van der Waals surface area contributed by atoms with Gasteiger partial charge in [0.2, 0.25) is 5.91 Å². The SMILES string of the molecule is COc1ccc(CCn2c(CCN(Cc3ccccc3)C(C)=O)nc3ccccc3c2=O)cc1OC. The highest BCUT2D eigenvalue weighted by atomic mass is 16.5. The molecule has 0 fully saturated rings. The highest BCUT2D eigenvalue weighted by molar-refractivity contribution is 5.77. The zero-order valence-corrected chi connectivity index (χ0v) is 20.9. The predicted octanol–water partition coefficient (Wildman–Crippen LogP) is 4.25. The number of aromatic nitrogens is 2. The van der Waals surface area contributed by atoms with Gasteiger partial charge in [-0.3, -0.25) is 14.2 Å². The first kappa shape index (κ1) is 25.0. The second-order valence-electron chi connectivity index (χ2n) is 8.62. The zero-order valence-electron chi connectivity index (χ0n) is 20.9. The average Bonchev–Trinajstić information content (AvgIpc) is 2.90. The third-order valence-corrected chi connectivity index (χ3v) is 6.28. The monoisotopic (exact) mass is 485 g/mol. The summed E-state index contributed by atoms with van der Waals surface area (Å²) in [6.45, 7) is 3.01. The van der Waals surface area contributed by atoms with Gasteiger partial charge < -0.3 is 14.4 Å². The molecule has 7 heteroatoms. The number of hydrogen-bond donors (Lipinski definition) is 0. The minimum absolute atomic E-state index is 0.0149. The van der Waals surface area contributed by atoms with Gasteiger partial charge in [-0.05, 0) is 41.8 Å². The number of carbonyl (C=O) groups excluding carboxylic acids is 1. The van der Waals surface area contributed by atoms with Crippen LogP contribution < -0.4 is 15.0 Å². The summed E-state index contributed by atoms with van der Waals surface area (Å²) < 4.78 is 12.5. The lowest BCUT2D eigenvalue weighted by atomic mass is 10.1. The van der Waals surface area contributed by atoms with Gasteiger partial charge in [-0.25, -0.2) is 4.98 Å². The van der Waals surface area contributed by atoms with Crippen molar-refractivity contribution < 1.29 is 14.3 Å². The maximum absolute atomic E-state index is 13.5. The zero-order chi connectivity index (χ0) is 25.5. The molecule has 1 aromatic heterocycles. The quantitative estimate of drug-likeness (QED) is 0.336. The second-order valence-corrected chi connectivity index (χ2v) is 8.62. The molecule has 0 aliphatic heterocycles. The van der Waals surface area contributed by atoms with Crippen LogP contribution in [-0.2, 0) is 30.7 Å². The number of para-hydroxylation sites is 1. The molecule has 0 saturated carbocycles. The molecule has 186 valence electrons. The van der Waals surface area contributed by atoms with E-state index < -0.39 is 0 Å². The van der Waals surface area contributed by atoms with Gasteiger partial charge in [0.05, 0.1) is 25.1 Å². The fourth-order valence-electron chi connectivity index (χ4n) is 4.30. The lowest BCUT2D eigenvalue weighted by molar-refractivity contribution is -0.129. The molecule has 1 amide bonds. The van der Waals surface area contributed by atoms with Gasteiger partial charge in [0.25, 0.3) is 5.56 Å². The molecular weight excluding hydrogens is 454 g/mol. The van der Waals surface area contributed by atoms with Crippen LogP contribution in [0.3, 0.4) is 0 Å². The van der Waals surface area contributed by atoms with E-state index in [1.807, 2.05) is 66.7 Å². The summed E-state index contributed by atoms with van der Waals surface area (Å²) in [6, 6.07) is 23.0. The molecule has 0 N–H and O–H groups in total. The van der Waals surface area contributed by atoms with E-state index in [1.54, 1.807) is 36.7 Å². The number of benzene rings is 3. The summed E-state index contributed by atoms with van der Waals surface area (Å²) in [4.78, 5) is 32.4. The van der Waals surface area contributed by atoms with E-state index >= 15 is 0 Å². The van der Waals surface area contributed by atoms with Crippen LogP contribution in [0.15, 0.2) is 77.6 Å². The average molecular weight is 486 g/mol. The van der Waals surface area contributed by atoms with E-state index in [0.29, 0.717) is 60.7 Å². The number of aryl methyl sites for hydroxylation is 1. The Morgan fingerprint density at radius 1 is 0.889 bits per heavy atom. The molecule has 0 unspecified atom stereocenters. The van der Waals surface area contributed by atoms with E-state index in [0.717, 1.165) is 11.1 Å². The van der Waals surface area contributed by atoms with Crippen molar-refractivity contribution in [2.45, 2.75) is 32.9 Å². The molecule has 0 radical (unpaired) electrons. The Bertz CT molecular complexity index is 1400. The minimum Gasteiger partial charge on any atom is -0.493 e. The Hall–Kier alpha value is -4.13. The fourth-order valence-corrected chi connectivity index (χ4v) is 4.30. The summed E-state index contributed by atoms with van der Waals surface area (Å²) in [5.41, 5.74) is 2.67. The maximum Gasteiger partial charge on any atom is 0.261 e. The fraction of sp³-hybridized carbons (Fsp3) is 0.276. The second kappa shape index (κ2) is 11.5. The van der Waals surface area contributed by atoms with E-state index in [9.17, 15) is 9.59 Å². The van der Waals surface area contributed by atoms with E-state index in [2.05, 4.69) is 0 Å². The first-order valence-electron chi connectivity index (χ1n) is 12.0. The summed E-state index contributed by atoms with van der Waals surface area (Å²) in [7, 11) is 3.21. The Kier molecular flexibility index (Phi) is 8.00. The minimum atomic E-state index is -0.0755. The van der Waals surface area contributed by atoms with Gasteiger partial charge >= 0.3 is 0 Å². The van der Waals surface area contributed by atoms with Gasteiger partial charge in [0.1, 0.15) is 5.82 Å². The van der Waals surface area contributed by atoms with Crippen LogP contribution in [0, 0.1) is 0 Å². The van der Waals surface area contributed by atoms with Gasteiger partial charge in [0, 0.05) is 33.0 Å². The Balaban J connectivity index is 1.61. The lowest BCUT2D eigenvalue weighted by Gasteiger charge is -2.22. The van der Waals surface area contributed by atoms with Crippen molar-refractivity contribution in [2.75, 3.05) is 20.8 Å². The molecule has 0 spiro atoms. The Morgan fingerprint density at radius 2 is 1.61 bits per heavy atom. The number of methoxy groups -OCH3 is 2. The van der Waals surface area contributed by atoms with Crippen LogP contribution in [-0.4, -0.2) is 41.1 Å². The third kappa shape index (κ3) is 5.74. The van der Waals surface area contributed by atoms with Crippen LogP contribution in [0.4, 0.5) is 0 Å². The van der Waals surface area contributed by atoms with Gasteiger partial charge in [0.15, 0.2) is 11.5 Å². The molecule has 7 nitrogen and oxygen atoms in total. The van der Waals surface area contributed by atoms with Crippen molar-refractivity contribution >= 4 is 16.8 Å². The van der Waals surface area contributed by atoms with E-state index in [-0.39, 0.29) is 11.5 Å². The van der Waals surface area contributed by atoms with Crippen LogP contribution >= 0.6 is 0 Å². The molecule has 4 aromatic rings. The topological polar surface area (TPSA) is 73.7 Å². The molecular formula is C29H31N3O4. The molecule has 0 atom stereocenters. The van der Waals surface area contributed by atoms with Crippen molar-refractivity contribution in [3.63, 3.8) is 0 Å². The number of ether oxygens (including phenoxy) is 2. The smallest absolute Gasteiger partial charge is 0.261 e. The van der Waals surface area contributed by atoms with Crippen LogP contribution in [0.1, 0.15) is 23.9 Å². The number of hydrogen-bond acceptors (Lipinski definition) is 5.